The topological polar surface area (TPSA) is 39.3 Å². The second-order valence-electron chi connectivity index (χ2n) is 7.71. The molecule has 2 N–H and O–H groups in total. The smallest absolute Gasteiger partial charge is 0.0678 e. The van der Waals surface area contributed by atoms with Crippen LogP contribution in [0.5, 0.6) is 0 Å². The number of piperidine rings is 1. The van der Waals surface area contributed by atoms with Crippen LogP contribution in [0.3, 0.4) is 0 Å². The normalized spacial score (nSPS) is 22.5. The summed E-state index contributed by atoms with van der Waals surface area (Å²) in [5.74, 6) is 0. The van der Waals surface area contributed by atoms with Crippen molar-refractivity contribution in [2.45, 2.75) is 37.3 Å². The minimum atomic E-state index is -0.219. The highest BCUT2D eigenvalue weighted by molar-refractivity contribution is 5.79. The van der Waals surface area contributed by atoms with E-state index in [1.165, 1.54) is 27.6 Å². The number of nitrogens with one attached hydrogen (secondary N) is 1. The molecule has 0 amide bonds. The van der Waals surface area contributed by atoms with Crippen LogP contribution in [0.25, 0.3) is 10.9 Å². The van der Waals surface area contributed by atoms with Gasteiger partial charge in [0.1, 0.15) is 0 Å². The first kappa shape index (κ1) is 15.2. The molecule has 1 fully saturated rings. The first-order valence-electron chi connectivity index (χ1n) is 9.29. The second-order valence-corrected chi connectivity index (χ2v) is 7.71. The van der Waals surface area contributed by atoms with E-state index in [0.29, 0.717) is 0 Å². The van der Waals surface area contributed by atoms with Crippen LogP contribution in [0.4, 0.5) is 0 Å². The molecule has 3 aromatic rings. The number of aromatic nitrogens is 1. The van der Waals surface area contributed by atoms with Gasteiger partial charge in [-0.25, -0.2) is 0 Å². The molecule has 0 radical (unpaired) electrons. The van der Waals surface area contributed by atoms with Crippen molar-refractivity contribution < 1.29 is 5.11 Å². The molecule has 0 bridgehead atoms. The Bertz CT molecular complexity index is 905. The highest BCUT2D eigenvalue weighted by atomic mass is 16.3. The maximum absolute atomic E-state index is 10.8. The Morgan fingerprint density at radius 2 is 1.92 bits per heavy atom. The average Bonchev–Trinajstić information content (AvgIpc) is 3.20. The Morgan fingerprint density at radius 3 is 2.80 bits per heavy atom. The fourth-order valence-corrected chi connectivity index (χ4v) is 4.94. The molecule has 1 aliphatic heterocycles. The number of aliphatic hydroxyl groups is 1. The molecule has 2 heterocycles. The Kier molecular flexibility index (Phi) is 3.47. The van der Waals surface area contributed by atoms with Crippen LogP contribution in [0, 0.1) is 0 Å². The van der Waals surface area contributed by atoms with Gasteiger partial charge in [0.25, 0.3) is 0 Å². The molecule has 3 heteroatoms. The van der Waals surface area contributed by atoms with Crippen molar-refractivity contribution in [3.8, 4) is 0 Å². The van der Waals surface area contributed by atoms with E-state index in [-0.39, 0.29) is 11.5 Å². The van der Waals surface area contributed by atoms with E-state index in [4.69, 9.17) is 0 Å². The van der Waals surface area contributed by atoms with Gasteiger partial charge in [0.05, 0.1) is 6.10 Å². The minimum Gasteiger partial charge on any atom is -0.392 e. The molecular formula is C22H24N2O. The first-order chi connectivity index (χ1) is 12.2. The van der Waals surface area contributed by atoms with Crippen molar-refractivity contribution in [1.29, 1.82) is 0 Å². The molecule has 1 aromatic heterocycles. The van der Waals surface area contributed by atoms with E-state index < -0.39 is 0 Å². The summed E-state index contributed by atoms with van der Waals surface area (Å²) in [5, 5.41) is 12.1. The van der Waals surface area contributed by atoms with Gasteiger partial charge in [-0.2, -0.15) is 0 Å². The lowest BCUT2D eigenvalue weighted by Gasteiger charge is -2.42. The third-order valence-corrected chi connectivity index (χ3v) is 6.38. The van der Waals surface area contributed by atoms with Gasteiger partial charge in [-0.05, 0) is 72.6 Å². The quantitative estimate of drug-likeness (QED) is 0.752. The molecule has 1 spiro atoms. The van der Waals surface area contributed by atoms with Gasteiger partial charge in [0.2, 0.25) is 0 Å². The number of fused-ring (bicyclic) bond motifs is 3. The third-order valence-electron chi connectivity index (χ3n) is 6.38. The summed E-state index contributed by atoms with van der Waals surface area (Å²) in [5.41, 5.74) is 5.30. The lowest BCUT2D eigenvalue weighted by atomic mass is 9.72. The average molecular weight is 332 g/mol. The summed E-state index contributed by atoms with van der Waals surface area (Å²) in [6.07, 6.45) is 4.70. The summed E-state index contributed by atoms with van der Waals surface area (Å²) < 4.78 is 0. The third kappa shape index (κ3) is 2.42. The molecule has 2 aromatic carbocycles. The van der Waals surface area contributed by atoms with E-state index >= 15 is 0 Å². The molecule has 1 aliphatic carbocycles. The monoisotopic (exact) mass is 332 g/mol. The number of H-pyrrole nitrogens is 1. The largest absolute Gasteiger partial charge is 0.392 e. The molecule has 0 saturated carbocycles. The maximum atomic E-state index is 10.8. The van der Waals surface area contributed by atoms with Crippen molar-refractivity contribution in [2.75, 3.05) is 13.1 Å². The van der Waals surface area contributed by atoms with Gasteiger partial charge >= 0.3 is 0 Å². The molecule has 3 nitrogen and oxygen atoms in total. The number of aromatic amines is 1. The van der Waals surface area contributed by atoms with Gasteiger partial charge < -0.3 is 10.1 Å². The maximum Gasteiger partial charge on any atom is 0.0678 e. The predicted molar refractivity (Wildman–Crippen MR) is 101 cm³/mol. The molecule has 1 unspecified atom stereocenters. The number of rotatable bonds is 2. The van der Waals surface area contributed by atoms with Crippen molar-refractivity contribution >= 4 is 10.9 Å². The SMILES string of the molecule is OC1Cc2ccccc2C12CCN(Cc1ccc3[nH]ccc3c1)CC2. The van der Waals surface area contributed by atoms with Crippen LogP contribution >= 0.6 is 0 Å². The molecule has 25 heavy (non-hydrogen) atoms. The predicted octanol–water partition coefficient (Wildman–Crippen LogP) is 3.62. The summed E-state index contributed by atoms with van der Waals surface area (Å²) in [4.78, 5) is 5.79. The van der Waals surface area contributed by atoms with Gasteiger partial charge in [-0.3, -0.25) is 4.90 Å². The lowest BCUT2D eigenvalue weighted by Crippen LogP contribution is -2.47. The van der Waals surface area contributed by atoms with Crippen LogP contribution < -0.4 is 0 Å². The van der Waals surface area contributed by atoms with Crippen molar-refractivity contribution in [3.05, 3.63) is 71.4 Å². The van der Waals surface area contributed by atoms with Crippen LogP contribution in [0.15, 0.2) is 54.7 Å². The van der Waals surface area contributed by atoms with E-state index in [9.17, 15) is 5.11 Å². The highest BCUT2D eigenvalue weighted by Gasteiger charge is 2.47. The van der Waals surface area contributed by atoms with Crippen molar-refractivity contribution in [2.24, 2.45) is 0 Å². The Hall–Kier alpha value is -2.10. The van der Waals surface area contributed by atoms with Crippen LogP contribution in [-0.2, 0) is 18.4 Å². The van der Waals surface area contributed by atoms with Gasteiger partial charge in [0.15, 0.2) is 0 Å². The number of nitrogens with zero attached hydrogens (tertiary/aromatic N) is 1. The van der Waals surface area contributed by atoms with Crippen molar-refractivity contribution in [3.63, 3.8) is 0 Å². The number of aliphatic hydroxyl groups excluding tert-OH is 1. The van der Waals surface area contributed by atoms with E-state index in [1.54, 1.807) is 0 Å². The van der Waals surface area contributed by atoms with E-state index in [1.807, 2.05) is 6.20 Å². The summed E-state index contributed by atoms with van der Waals surface area (Å²) in [7, 11) is 0. The highest BCUT2D eigenvalue weighted by Crippen LogP contribution is 2.46. The molecular weight excluding hydrogens is 308 g/mol. The molecule has 1 atom stereocenters. The summed E-state index contributed by atoms with van der Waals surface area (Å²) in [6.45, 7) is 3.10. The summed E-state index contributed by atoms with van der Waals surface area (Å²) >= 11 is 0. The molecule has 128 valence electrons. The minimum absolute atomic E-state index is 0.0162. The lowest BCUT2D eigenvalue weighted by molar-refractivity contribution is 0.0414. The molecule has 5 rings (SSSR count). The summed E-state index contributed by atoms with van der Waals surface area (Å²) in [6, 6.07) is 17.5. The Morgan fingerprint density at radius 1 is 1.08 bits per heavy atom. The van der Waals surface area contributed by atoms with Gasteiger partial charge in [0, 0.05) is 23.7 Å². The van der Waals surface area contributed by atoms with Gasteiger partial charge in [-0.15, -0.1) is 0 Å². The number of benzene rings is 2. The zero-order valence-corrected chi connectivity index (χ0v) is 14.4. The second kappa shape index (κ2) is 5.72. The first-order valence-corrected chi connectivity index (χ1v) is 9.29. The van der Waals surface area contributed by atoms with Crippen LogP contribution in [-0.4, -0.2) is 34.2 Å². The van der Waals surface area contributed by atoms with Crippen molar-refractivity contribution in [1.82, 2.24) is 9.88 Å². The molecule has 1 saturated heterocycles. The number of hydrogen-bond acceptors (Lipinski definition) is 2. The Labute approximate surface area is 148 Å². The fraction of sp³-hybridized carbons (Fsp3) is 0.364. The van der Waals surface area contributed by atoms with E-state index in [0.717, 1.165) is 38.9 Å². The van der Waals surface area contributed by atoms with Gasteiger partial charge in [-0.1, -0.05) is 30.3 Å². The van der Waals surface area contributed by atoms with Crippen LogP contribution in [0.1, 0.15) is 29.5 Å². The standard InChI is InChI=1S/C22H24N2O/c25-21-14-17-3-1-2-4-19(17)22(21)8-11-24(12-9-22)15-16-5-6-20-18(13-16)7-10-23-20/h1-7,10,13,21,23,25H,8-9,11-12,14-15H2. The zero-order valence-electron chi connectivity index (χ0n) is 14.4. The van der Waals surface area contributed by atoms with E-state index in [2.05, 4.69) is 58.4 Å². The number of hydrogen-bond donors (Lipinski definition) is 2. The number of likely N-dealkylation sites (tertiary alicyclic amines) is 1. The Balaban J connectivity index is 1.33. The zero-order chi connectivity index (χ0) is 16.9. The fourth-order valence-electron chi connectivity index (χ4n) is 4.94. The van der Waals surface area contributed by atoms with Crippen LogP contribution in [0.2, 0.25) is 0 Å². The molecule has 2 aliphatic rings.